The van der Waals surface area contributed by atoms with E-state index >= 15 is 0 Å². The number of aryl methyl sites for hydroxylation is 2. The maximum atomic E-state index is 5.97. The molecule has 3 aromatic heterocycles. The zero-order chi connectivity index (χ0) is 15.8. The molecule has 0 unspecified atom stereocenters. The molecule has 4 heterocycles. The molecule has 120 valence electrons. The van der Waals surface area contributed by atoms with Crippen LogP contribution < -0.4 is 4.90 Å². The van der Waals surface area contributed by atoms with E-state index in [1.54, 1.807) is 4.52 Å². The van der Waals surface area contributed by atoms with Gasteiger partial charge in [-0.3, -0.25) is 0 Å². The lowest BCUT2D eigenvalue weighted by atomic mass is 10.1. The Balaban J connectivity index is 1.78. The molecule has 0 saturated carbocycles. The first kappa shape index (κ1) is 14.2. The van der Waals surface area contributed by atoms with Gasteiger partial charge in [0.1, 0.15) is 29.7 Å². The van der Waals surface area contributed by atoms with Crippen molar-refractivity contribution in [2.45, 2.75) is 26.3 Å². The molecule has 0 bridgehead atoms. The smallest absolute Gasteiger partial charge is 0.254 e. The average Bonchev–Trinajstić information content (AvgIpc) is 3.23. The minimum atomic E-state index is 0.0262. The molecule has 0 aromatic carbocycles. The highest BCUT2D eigenvalue weighted by Crippen LogP contribution is 2.31. The van der Waals surface area contributed by atoms with Crippen LogP contribution in [0.25, 0.3) is 5.78 Å². The Bertz CT molecular complexity index is 825. The summed E-state index contributed by atoms with van der Waals surface area (Å²) in [5, 5.41) is 4.31. The Kier molecular flexibility index (Phi) is 3.49. The van der Waals surface area contributed by atoms with Crippen molar-refractivity contribution < 1.29 is 9.15 Å². The van der Waals surface area contributed by atoms with Gasteiger partial charge in [0.15, 0.2) is 0 Å². The van der Waals surface area contributed by atoms with Gasteiger partial charge in [-0.05, 0) is 19.1 Å². The van der Waals surface area contributed by atoms with Crippen molar-refractivity contribution in [3.05, 3.63) is 41.7 Å². The molecule has 1 aliphatic heterocycles. The molecule has 7 nitrogen and oxygen atoms in total. The molecule has 7 heteroatoms. The maximum absolute atomic E-state index is 5.97. The minimum absolute atomic E-state index is 0.0262. The second-order valence-corrected chi connectivity index (χ2v) is 5.67. The first-order chi connectivity index (χ1) is 11.3. The van der Waals surface area contributed by atoms with Crippen LogP contribution in [0.1, 0.15) is 30.2 Å². The number of rotatable bonds is 3. The van der Waals surface area contributed by atoms with Gasteiger partial charge in [-0.15, -0.1) is 0 Å². The number of nitrogens with zero attached hydrogens (tertiary/aromatic N) is 5. The van der Waals surface area contributed by atoms with E-state index in [2.05, 4.69) is 26.9 Å². The third-order valence-corrected chi connectivity index (χ3v) is 4.14. The van der Waals surface area contributed by atoms with Crippen molar-refractivity contribution in [2.75, 3.05) is 24.7 Å². The fraction of sp³-hybridized carbons (Fsp3) is 0.438. The van der Waals surface area contributed by atoms with E-state index < -0.39 is 0 Å². The molecule has 1 aliphatic rings. The fourth-order valence-electron chi connectivity index (χ4n) is 2.99. The second kappa shape index (κ2) is 5.66. The van der Waals surface area contributed by atoms with Gasteiger partial charge >= 0.3 is 0 Å². The number of morpholine rings is 1. The second-order valence-electron chi connectivity index (χ2n) is 5.67. The predicted molar refractivity (Wildman–Crippen MR) is 84.5 cm³/mol. The molecule has 23 heavy (non-hydrogen) atoms. The van der Waals surface area contributed by atoms with E-state index in [4.69, 9.17) is 9.15 Å². The van der Waals surface area contributed by atoms with Crippen LogP contribution in [0.15, 0.2) is 28.9 Å². The summed E-state index contributed by atoms with van der Waals surface area (Å²) in [6.07, 6.45) is 2.41. The van der Waals surface area contributed by atoms with E-state index in [1.165, 1.54) is 6.33 Å². The summed E-state index contributed by atoms with van der Waals surface area (Å²) in [5.41, 5.74) is 0.916. The average molecular weight is 313 g/mol. The van der Waals surface area contributed by atoms with Gasteiger partial charge in [0, 0.05) is 24.7 Å². The highest BCUT2D eigenvalue weighted by Gasteiger charge is 2.29. The van der Waals surface area contributed by atoms with Gasteiger partial charge in [0.05, 0.1) is 13.2 Å². The molecular formula is C16H19N5O2. The molecule has 0 aliphatic carbocycles. The highest BCUT2D eigenvalue weighted by atomic mass is 16.5. The van der Waals surface area contributed by atoms with Crippen LogP contribution >= 0.6 is 0 Å². The lowest BCUT2D eigenvalue weighted by Crippen LogP contribution is -2.40. The number of anilines is 1. The third kappa shape index (κ3) is 2.46. The lowest BCUT2D eigenvalue weighted by molar-refractivity contribution is 0.0866. The number of fused-ring (bicyclic) bond motifs is 1. The molecule has 0 N–H and O–H groups in total. The van der Waals surface area contributed by atoms with Gasteiger partial charge in [-0.2, -0.15) is 14.6 Å². The zero-order valence-electron chi connectivity index (χ0n) is 13.3. The first-order valence-corrected chi connectivity index (χ1v) is 7.86. The summed E-state index contributed by atoms with van der Waals surface area (Å²) in [7, 11) is 0. The summed E-state index contributed by atoms with van der Waals surface area (Å²) in [4.78, 5) is 10.9. The summed E-state index contributed by atoms with van der Waals surface area (Å²) in [6, 6.07) is 6.13. The summed E-state index contributed by atoms with van der Waals surface area (Å²) in [6.45, 7) is 6.09. The van der Waals surface area contributed by atoms with Gasteiger partial charge in [-0.1, -0.05) is 6.92 Å². The summed E-state index contributed by atoms with van der Waals surface area (Å²) < 4.78 is 13.4. The van der Waals surface area contributed by atoms with Crippen molar-refractivity contribution in [3.8, 4) is 0 Å². The van der Waals surface area contributed by atoms with Gasteiger partial charge < -0.3 is 14.1 Å². The third-order valence-electron chi connectivity index (χ3n) is 4.14. The summed E-state index contributed by atoms with van der Waals surface area (Å²) in [5.74, 6) is 3.48. The highest BCUT2D eigenvalue weighted by molar-refractivity contribution is 5.49. The van der Waals surface area contributed by atoms with Crippen molar-refractivity contribution in [3.63, 3.8) is 0 Å². The Hall–Kier alpha value is -2.41. The van der Waals surface area contributed by atoms with E-state index in [9.17, 15) is 0 Å². The van der Waals surface area contributed by atoms with E-state index in [1.807, 2.05) is 25.1 Å². The molecule has 0 radical (unpaired) electrons. The molecule has 4 rings (SSSR count). The monoisotopic (exact) mass is 313 g/mol. The SMILES string of the molecule is CCc1ccc([C@H]2COCCN2c2cc(C)nc3ncnn23)o1. The number of hydrogen-bond donors (Lipinski definition) is 0. The van der Waals surface area contributed by atoms with Crippen LogP contribution in [-0.4, -0.2) is 39.3 Å². The molecular weight excluding hydrogens is 294 g/mol. The lowest BCUT2D eigenvalue weighted by Gasteiger charge is -2.36. The molecule has 0 spiro atoms. The van der Waals surface area contributed by atoms with Crippen molar-refractivity contribution in [2.24, 2.45) is 0 Å². The number of furan rings is 1. The topological polar surface area (TPSA) is 68.7 Å². The Morgan fingerprint density at radius 2 is 2.26 bits per heavy atom. The molecule has 0 amide bonds. The van der Waals surface area contributed by atoms with E-state index in [0.717, 1.165) is 36.0 Å². The Labute approximate surface area is 133 Å². The van der Waals surface area contributed by atoms with Gasteiger partial charge in [-0.25, -0.2) is 4.98 Å². The van der Waals surface area contributed by atoms with E-state index in [-0.39, 0.29) is 6.04 Å². The minimum Gasteiger partial charge on any atom is -0.464 e. The van der Waals surface area contributed by atoms with Crippen LogP contribution in [0, 0.1) is 6.92 Å². The predicted octanol–water partition coefficient (Wildman–Crippen LogP) is 2.17. The van der Waals surface area contributed by atoms with E-state index in [0.29, 0.717) is 19.0 Å². The molecule has 1 fully saturated rings. The van der Waals surface area contributed by atoms with Crippen LogP contribution in [0.4, 0.5) is 5.82 Å². The van der Waals surface area contributed by atoms with Crippen molar-refractivity contribution in [1.29, 1.82) is 0 Å². The normalized spacial score (nSPS) is 18.7. The van der Waals surface area contributed by atoms with Crippen LogP contribution in [0.5, 0.6) is 0 Å². The molecule has 1 saturated heterocycles. The zero-order valence-corrected chi connectivity index (χ0v) is 13.3. The Morgan fingerprint density at radius 3 is 3.09 bits per heavy atom. The number of ether oxygens (including phenoxy) is 1. The maximum Gasteiger partial charge on any atom is 0.254 e. The summed E-state index contributed by atoms with van der Waals surface area (Å²) >= 11 is 0. The van der Waals surface area contributed by atoms with Crippen LogP contribution in [-0.2, 0) is 11.2 Å². The van der Waals surface area contributed by atoms with Crippen LogP contribution in [0.3, 0.4) is 0 Å². The largest absolute Gasteiger partial charge is 0.464 e. The Morgan fingerprint density at radius 1 is 1.35 bits per heavy atom. The number of aromatic nitrogens is 4. The quantitative estimate of drug-likeness (QED) is 0.738. The van der Waals surface area contributed by atoms with Crippen molar-refractivity contribution >= 4 is 11.6 Å². The van der Waals surface area contributed by atoms with Gasteiger partial charge in [0.25, 0.3) is 5.78 Å². The molecule has 1 atom stereocenters. The van der Waals surface area contributed by atoms with Crippen LogP contribution in [0.2, 0.25) is 0 Å². The first-order valence-electron chi connectivity index (χ1n) is 7.86. The van der Waals surface area contributed by atoms with Crippen molar-refractivity contribution in [1.82, 2.24) is 19.6 Å². The number of hydrogen-bond acceptors (Lipinski definition) is 6. The molecule has 3 aromatic rings. The fourth-order valence-corrected chi connectivity index (χ4v) is 2.99. The van der Waals surface area contributed by atoms with Gasteiger partial charge in [0.2, 0.25) is 0 Å². The standard InChI is InChI=1S/C16H19N5O2/c1-3-12-4-5-14(23-12)13-9-22-7-6-20(13)15-8-11(2)19-16-17-10-18-21(15)16/h4-5,8,10,13H,3,6-7,9H2,1-2H3/t13-/m1/s1.